The molecule has 8 heteroatoms. The summed E-state index contributed by atoms with van der Waals surface area (Å²) in [5.41, 5.74) is 6.68. The third-order valence-electron chi connectivity index (χ3n) is 9.13. The van der Waals surface area contributed by atoms with Crippen LogP contribution in [0.1, 0.15) is 44.6 Å². The Bertz CT molecular complexity index is 1780. The summed E-state index contributed by atoms with van der Waals surface area (Å²) in [5.74, 6) is 0.978. The van der Waals surface area contributed by atoms with Crippen LogP contribution in [-0.4, -0.2) is 52.0 Å². The SMILES string of the molecule is Cc1ccc(-n2nc(C(C)(C)C(C)C)cc2NC(=O)Nc2ccc(-c3ccc(CN4CCOCC4)nc3)c3ccccc23)cc1. The van der Waals surface area contributed by atoms with Crippen molar-refractivity contribution in [3.8, 4) is 16.8 Å². The molecule has 2 aromatic heterocycles. The van der Waals surface area contributed by atoms with Crippen molar-refractivity contribution in [3.05, 3.63) is 102 Å². The van der Waals surface area contributed by atoms with Crippen LogP contribution in [0.5, 0.6) is 0 Å². The number of amides is 2. The van der Waals surface area contributed by atoms with Crippen LogP contribution in [0.3, 0.4) is 0 Å². The summed E-state index contributed by atoms with van der Waals surface area (Å²) in [6, 6.07) is 26.2. The van der Waals surface area contributed by atoms with Gasteiger partial charge in [-0.15, -0.1) is 0 Å². The van der Waals surface area contributed by atoms with Crippen molar-refractivity contribution in [1.29, 1.82) is 0 Å². The first kappa shape index (κ1) is 30.5. The van der Waals surface area contributed by atoms with Crippen molar-refractivity contribution < 1.29 is 9.53 Å². The van der Waals surface area contributed by atoms with Crippen molar-refractivity contribution >= 4 is 28.3 Å². The average molecular weight is 603 g/mol. The fraction of sp³-hybridized carbons (Fsp3) is 0.324. The smallest absolute Gasteiger partial charge is 0.324 e. The Morgan fingerprint density at radius 2 is 1.67 bits per heavy atom. The van der Waals surface area contributed by atoms with Gasteiger partial charge in [-0.25, -0.2) is 9.48 Å². The van der Waals surface area contributed by atoms with Gasteiger partial charge in [-0.3, -0.25) is 15.2 Å². The molecule has 1 aliphatic heterocycles. The number of hydrogen-bond acceptors (Lipinski definition) is 5. The highest BCUT2D eigenvalue weighted by molar-refractivity contribution is 6.09. The molecule has 0 bridgehead atoms. The number of benzene rings is 3. The molecule has 1 saturated heterocycles. The van der Waals surface area contributed by atoms with E-state index >= 15 is 0 Å². The number of nitrogens with one attached hydrogen (secondary N) is 2. The number of carbonyl (C=O) groups is 1. The number of carbonyl (C=O) groups excluding carboxylic acids is 1. The van der Waals surface area contributed by atoms with Crippen LogP contribution in [0.2, 0.25) is 0 Å². The molecule has 45 heavy (non-hydrogen) atoms. The molecule has 8 nitrogen and oxygen atoms in total. The van der Waals surface area contributed by atoms with Gasteiger partial charge in [-0.2, -0.15) is 5.10 Å². The Balaban J connectivity index is 1.25. The zero-order valence-corrected chi connectivity index (χ0v) is 26.8. The fourth-order valence-corrected chi connectivity index (χ4v) is 5.56. The maximum Gasteiger partial charge on any atom is 0.324 e. The van der Waals surface area contributed by atoms with Crippen molar-refractivity contribution in [2.24, 2.45) is 5.92 Å². The Kier molecular flexibility index (Phi) is 8.70. The first-order chi connectivity index (χ1) is 21.7. The monoisotopic (exact) mass is 602 g/mol. The third-order valence-corrected chi connectivity index (χ3v) is 9.13. The summed E-state index contributed by atoms with van der Waals surface area (Å²) < 4.78 is 7.29. The van der Waals surface area contributed by atoms with E-state index < -0.39 is 0 Å². The van der Waals surface area contributed by atoms with Crippen LogP contribution in [0.15, 0.2) is 85.1 Å². The lowest BCUT2D eigenvalue weighted by Crippen LogP contribution is -2.35. The third kappa shape index (κ3) is 6.62. The van der Waals surface area contributed by atoms with Crippen molar-refractivity contribution in [2.45, 2.75) is 46.6 Å². The second kappa shape index (κ2) is 12.8. The van der Waals surface area contributed by atoms with Crippen LogP contribution < -0.4 is 10.6 Å². The number of aromatic nitrogens is 3. The molecule has 0 atom stereocenters. The van der Waals surface area contributed by atoms with E-state index in [1.54, 1.807) is 0 Å². The molecule has 1 fully saturated rings. The van der Waals surface area contributed by atoms with Crippen LogP contribution in [0.25, 0.3) is 27.6 Å². The molecule has 2 N–H and O–H groups in total. The van der Waals surface area contributed by atoms with E-state index in [0.29, 0.717) is 11.7 Å². The molecule has 3 heterocycles. The summed E-state index contributed by atoms with van der Waals surface area (Å²) in [6.07, 6.45) is 1.94. The second-order valence-corrected chi connectivity index (χ2v) is 12.8. The number of urea groups is 1. The molecule has 6 rings (SSSR count). The number of anilines is 2. The van der Waals surface area contributed by atoms with Gasteiger partial charge in [0.15, 0.2) is 0 Å². The Labute approximate surface area is 265 Å². The van der Waals surface area contributed by atoms with E-state index in [0.717, 1.165) is 83.1 Å². The second-order valence-electron chi connectivity index (χ2n) is 12.8. The van der Waals surface area contributed by atoms with Crippen LogP contribution >= 0.6 is 0 Å². The number of pyridine rings is 1. The summed E-state index contributed by atoms with van der Waals surface area (Å²) in [6.45, 7) is 15.0. The first-order valence-corrected chi connectivity index (χ1v) is 15.7. The van der Waals surface area contributed by atoms with Gasteiger partial charge in [0.05, 0.1) is 36.0 Å². The summed E-state index contributed by atoms with van der Waals surface area (Å²) in [4.78, 5) is 20.7. The largest absolute Gasteiger partial charge is 0.379 e. The number of ether oxygens (including phenoxy) is 1. The minimum Gasteiger partial charge on any atom is -0.379 e. The normalized spacial score (nSPS) is 14.2. The van der Waals surface area contributed by atoms with Crippen LogP contribution in [0.4, 0.5) is 16.3 Å². The quantitative estimate of drug-likeness (QED) is 0.189. The van der Waals surface area contributed by atoms with Crippen LogP contribution in [0, 0.1) is 12.8 Å². The first-order valence-electron chi connectivity index (χ1n) is 15.7. The maximum atomic E-state index is 13.5. The van der Waals surface area contributed by atoms with Crippen molar-refractivity contribution in [2.75, 3.05) is 36.9 Å². The highest BCUT2D eigenvalue weighted by Gasteiger charge is 2.29. The molecular weight excluding hydrogens is 560 g/mol. The standard InChI is InChI=1S/C37H42N6O2/c1-25(2)37(4,5)34-22-35(43(41-34)29-14-10-26(3)11-15-29)40-36(44)39-33-17-16-30(31-8-6-7-9-32(31)33)27-12-13-28(38-23-27)24-42-18-20-45-21-19-42/h6-17,22-23,25H,18-21,24H2,1-5H3,(H2,39,40,44). The molecule has 0 aliphatic carbocycles. The molecule has 3 aromatic carbocycles. The van der Waals surface area contributed by atoms with Gasteiger partial charge in [-0.05, 0) is 48.1 Å². The molecule has 0 spiro atoms. The van der Waals surface area contributed by atoms with Gasteiger partial charge in [0.2, 0.25) is 0 Å². The zero-order chi connectivity index (χ0) is 31.6. The van der Waals surface area contributed by atoms with E-state index in [1.807, 2.05) is 53.3 Å². The van der Waals surface area contributed by atoms with Gasteiger partial charge in [0.1, 0.15) is 5.82 Å². The van der Waals surface area contributed by atoms with Crippen molar-refractivity contribution in [3.63, 3.8) is 0 Å². The maximum absolute atomic E-state index is 13.5. The minimum absolute atomic E-state index is 0.176. The average Bonchev–Trinajstić information content (AvgIpc) is 3.47. The minimum atomic E-state index is -0.329. The molecular formula is C37H42N6O2. The molecule has 0 radical (unpaired) electrons. The lowest BCUT2D eigenvalue weighted by atomic mass is 9.78. The van der Waals surface area contributed by atoms with E-state index in [2.05, 4.69) is 86.6 Å². The summed E-state index contributed by atoms with van der Waals surface area (Å²) >= 11 is 0. The lowest BCUT2D eigenvalue weighted by molar-refractivity contribution is 0.0336. The Morgan fingerprint density at radius 3 is 2.36 bits per heavy atom. The topological polar surface area (TPSA) is 84.3 Å². The molecule has 0 saturated carbocycles. The summed E-state index contributed by atoms with van der Waals surface area (Å²) in [5, 5.41) is 13.1. The summed E-state index contributed by atoms with van der Waals surface area (Å²) in [7, 11) is 0. The molecule has 5 aromatic rings. The molecule has 232 valence electrons. The highest BCUT2D eigenvalue weighted by atomic mass is 16.5. The molecule has 0 unspecified atom stereocenters. The zero-order valence-electron chi connectivity index (χ0n) is 26.8. The van der Waals surface area contributed by atoms with E-state index in [-0.39, 0.29) is 11.4 Å². The van der Waals surface area contributed by atoms with Gasteiger partial charge in [0, 0.05) is 48.3 Å². The predicted molar refractivity (Wildman–Crippen MR) is 182 cm³/mol. The number of morpholine rings is 1. The highest BCUT2D eigenvalue weighted by Crippen LogP contribution is 2.35. The van der Waals surface area contributed by atoms with Crippen LogP contribution in [-0.2, 0) is 16.7 Å². The number of aryl methyl sites for hydroxylation is 1. The van der Waals surface area contributed by atoms with Gasteiger partial charge in [0.25, 0.3) is 0 Å². The molecule has 1 aliphatic rings. The predicted octanol–water partition coefficient (Wildman–Crippen LogP) is 7.81. The lowest BCUT2D eigenvalue weighted by Gasteiger charge is -2.26. The van der Waals surface area contributed by atoms with Gasteiger partial charge >= 0.3 is 6.03 Å². The Hall–Kier alpha value is -4.53. The number of rotatable bonds is 8. The number of fused-ring (bicyclic) bond motifs is 1. The molecule has 2 amide bonds. The van der Waals surface area contributed by atoms with E-state index in [9.17, 15) is 4.79 Å². The van der Waals surface area contributed by atoms with Gasteiger partial charge in [-0.1, -0.05) is 81.8 Å². The number of nitrogens with zero attached hydrogens (tertiary/aromatic N) is 4. The van der Waals surface area contributed by atoms with E-state index in [4.69, 9.17) is 14.8 Å². The number of hydrogen-bond donors (Lipinski definition) is 2. The van der Waals surface area contributed by atoms with Gasteiger partial charge < -0.3 is 10.1 Å². The fourth-order valence-electron chi connectivity index (χ4n) is 5.56. The van der Waals surface area contributed by atoms with Crippen molar-refractivity contribution in [1.82, 2.24) is 19.7 Å². The Morgan fingerprint density at radius 1 is 0.933 bits per heavy atom. The van der Waals surface area contributed by atoms with E-state index in [1.165, 1.54) is 0 Å².